The normalized spacial score (nSPS) is 22.9. The molecule has 6 heteroatoms. The molecule has 1 unspecified atom stereocenters. The Morgan fingerprint density at radius 1 is 1.24 bits per heavy atom. The predicted molar refractivity (Wildman–Crippen MR) is 85.8 cm³/mol. The van der Waals surface area contributed by atoms with E-state index in [-0.39, 0.29) is 0 Å². The molecule has 5 nitrogen and oxygen atoms in total. The molecule has 2 aliphatic heterocycles. The third-order valence-electron chi connectivity index (χ3n) is 4.49. The van der Waals surface area contributed by atoms with Crippen LogP contribution >= 0.6 is 11.6 Å². The van der Waals surface area contributed by atoms with Gasteiger partial charge in [-0.1, -0.05) is 11.6 Å². The zero-order valence-corrected chi connectivity index (χ0v) is 12.8. The summed E-state index contributed by atoms with van der Waals surface area (Å²) in [5.41, 5.74) is 12.9. The second-order valence-corrected chi connectivity index (χ2v) is 6.30. The quantitative estimate of drug-likeness (QED) is 0.833. The average molecular weight is 309 g/mol. The van der Waals surface area contributed by atoms with Crippen molar-refractivity contribution in [3.63, 3.8) is 0 Å². The Hall–Kier alpha value is -1.46. The van der Waals surface area contributed by atoms with Gasteiger partial charge in [0.2, 0.25) is 0 Å². The minimum absolute atomic E-state index is 0.419. The summed E-state index contributed by atoms with van der Waals surface area (Å²) in [6.07, 6.45) is 3.66. The first kappa shape index (κ1) is 14.5. The summed E-state index contributed by atoms with van der Waals surface area (Å²) in [7, 11) is 0. The molecule has 4 N–H and O–H groups in total. The van der Waals surface area contributed by atoms with Crippen molar-refractivity contribution < 1.29 is 4.79 Å². The zero-order chi connectivity index (χ0) is 15.0. The van der Waals surface area contributed by atoms with Crippen molar-refractivity contribution in [2.75, 3.05) is 36.8 Å². The molecule has 2 saturated heterocycles. The van der Waals surface area contributed by atoms with Crippen molar-refractivity contribution in [2.45, 2.75) is 25.3 Å². The minimum Gasteiger partial charge on any atom is -0.399 e. The van der Waals surface area contributed by atoms with E-state index in [1.807, 2.05) is 0 Å². The first-order valence-electron chi connectivity index (χ1n) is 7.44. The minimum atomic E-state index is -0.483. The maximum atomic E-state index is 11.7. The lowest BCUT2D eigenvalue weighted by Gasteiger charge is -2.26. The fourth-order valence-electron chi connectivity index (χ4n) is 3.48. The van der Waals surface area contributed by atoms with Crippen LogP contribution in [0, 0.1) is 0 Å². The van der Waals surface area contributed by atoms with E-state index in [2.05, 4.69) is 9.80 Å². The molecule has 2 aliphatic rings. The Bertz CT molecular complexity index is 557. The number of anilines is 2. The highest BCUT2D eigenvalue weighted by atomic mass is 35.5. The van der Waals surface area contributed by atoms with E-state index in [9.17, 15) is 4.79 Å². The number of benzene rings is 1. The van der Waals surface area contributed by atoms with Gasteiger partial charge in [0, 0.05) is 24.8 Å². The van der Waals surface area contributed by atoms with Gasteiger partial charge in [-0.2, -0.15) is 0 Å². The zero-order valence-electron chi connectivity index (χ0n) is 12.0. The molecule has 0 spiro atoms. The van der Waals surface area contributed by atoms with Crippen LogP contribution < -0.4 is 16.4 Å². The predicted octanol–water partition coefficient (Wildman–Crippen LogP) is 1.70. The molecule has 0 bridgehead atoms. The van der Waals surface area contributed by atoms with Gasteiger partial charge in [-0.05, 0) is 44.5 Å². The molecule has 2 fully saturated rings. The highest BCUT2D eigenvalue weighted by molar-refractivity contribution is 6.34. The number of primary amides is 1. The van der Waals surface area contributed by atoms with Crippen LogP contribution in [0.3, 0.4) is 0 Å². The summed E-state index contributed by atoms with van der Waals surface area (Å²) in [6.45, 7) is 4.14. The summed E-state index contributed by atoms with van der Waals surface area (Å²) >= 11 is 6.32. The van der Waals surface area contributed by atoms with Gasteiger partial charge in [0.25, 0.3) is 5.91 Å². The molecule has 0 saturated carbocycles. The fourth-order valence-corrected chi connectivity index (χ4v) is 3.83. The first-order chi connectivity index (χ1) is 10.1. The van der Waals surface area contributed by atoms with E-state index in [0.29, 0.717) is 22.3 Å². The number of nitrogen functional groups attached to an aromatic ring is 1. The fraction of sp³-hybridized carbons (Fsp3) is 0.533. The van der Waals surface area contributed by atoms with E-state index in [1.165, 1.54) is 25.9 Å². The number of rotatable bonds is 3. The van der Waals surface area contributed by atoms with Crippen molar-refractivity contribution in [3.05, 3.63) is 22.7 Å². The lowest BCUT2D eigenvalue weighted by molar-refractivity contribution is 0.100. The smallest absolute Gasteiger partial charge is 0.250 e. The highest BCUT2D eigenvalue weighted by Crippen LogP contribution is 2.35. The van der Waals surface area contributed by atoms with E-state index in [0.717, 1.165) is 25.2 Å². The molecule has 3 rings (SSSR count). The summed E-state index contributed by atoms with van der Waals surface area (Å²) in [6, 6.07) is 3.85. The average Bonchev–Trinajstić information content (AvgIpc) is 3.08. The standard InChI is InChI=1S/C15H21ClN4O/c16-13-8-10(17)7-12(15(18)21)14(13)20-6-3-11(9-20)19-4-1-2-5-19/h7-8,11H,1-6,9,17H2,(H2,18,21). The van der Waals surface area contributed by atoms with Crippen LogP contribution in [0.4, 0.5) is 11.4 Å². The first-order valence-corrected chi connectivity index (χ1v) is 7.82. The van der Waals surface area contributed by atoms with Crippen LogP contribution in [-0.4, -0.2) is 43.0 Å². The van der Waals surface area contributed by atoms with Crippen LogP contribution in [0.5, 0.6) is 0 Å². The molecule has 2 heterocycles. The number of nitrogens with two attached hydrogens (primary N) is 2. The molecule has 0 aromatic heterocycles. The Balaban J connectivity index is 1.85. The van der Waals surface area contributed by atoms with Crippen molar-refractivity contribution in [1.29, 1.82) is 0 Å². The number of amides is 1. The molecule has 0 aliphatic carbocycles. The molecule has 114 valence electrons. The number of hydrogen-bond donors (Lipinski definition) is 2. The summed E-state index contributed by atoms with van der Waals surface area (Å²) < 4.78 is 0. The number of nitrogens with zero attached hydrogens (tertiary/aromatic N) is 2. The number of halogens is 1. The summed E-state index contributed by atoms with van der Waals surface area (Å²) in [5.74, 6) is -0.483. The second-order valence-electron chi connectivity index (χ2n) is 5.89. The van der Waals surface area contributed by atoms with Crippen molar-refractivity contribution in [1.82, 2.24) is 4.90 Å². The van der Waals surface area contributed by atoms with E-state index >= 15 is 0 Å². The van der Waals surface area contributed by atoms with E-state index in [1.54, 1.807) is 12.1 Å². The molecule has 0 radical (unpaired) electrons. The number of carbonyl (C=O) groups excluding carboxylic acids is 1. The van der Waals surface area contributed by atoms with Crippen LogP contribution in [0.1, 0.15) is 29.6 Å². The maximum absolute atomic E-state index is 11.7. The Morgan fingerprint density at radius 3 is 2.62 bits per heavy atom. The van der Waals surface area contributed by atoms with E-state index in [4.69, 9.17) is 23.1 Å². The van der Waals surface area contributed by atoms with Crippen molar-refractivity contribution in [3.8, 4) is 0 Å². The van der Waals surface area contributed by atoms with Gasteiger partial charge in [-0.15, -0.1) is 0 Å². The monoisotopic (exact) mass is 308 g/mol. The molecule has 1 aromatic rings. The Labute approximate surface area is 129 Å². The highest BCUT2D eigenvalue weighted by Gasteiger charge is 2.31. The van der Waals surface area contributed by atoms with Crippen LogP contribution in [0.15, 0.2) is 12.1 Å². The molecule has 1 aromatic carbocycles. The number of hydrogen-bond acceptors (Lipinski definition) is 4. The maximum Gasteiger partial charge on any atom is 0.250 e. The topological polar surface area (TPSA) is 75.6 Å². The van der Waals surface area contributed by atoms with Gasteiger partial charge in [-0.3, -0.25) is 9.69 Å². The van der Waals surface area contributed by atoms with Gasteiger partial charge < -0.3 is 16.4 Å². The Kier molecular flexibility index (Phi) is 3.95. The second kappa shape index (κ2) is 5.73. The molecule has 21 heavy (non-hydrogen) atoms. The van der Waals surface area contributed by atoms with Gasteiger partial charge in [0.15, 0.2) is 0 Å². The van der Waals surface area contributed by atoms with Gasteiger partial charge in [-0.25, -0.2) is 0 Å². The molecular weight excluding hydrogens is 288 g/mol. The molecular formula is C15H21ClN4O. The van der Waals surface area contributed by atoms with E-state index < -0.39 is 5.91 Å². The van der Waals surface area contributed by atoms with Crippen LogP contribution in [0.2, 0.25) is 5.02 Å². The lowest BCUT2D eigenvalue weighted by Crippen LogP contribution is -2.35. The lowest BCUT2D eigenvalue weighted by atomic mass is 10.1. The van der Waals surface area contributed by atoms with Crippen LogP contribution in [0.25, 0.3) is 0 Å². The molecule has 1 amide bonds. The van der Waals surface area contributed by atoms with Crippen molar-refractivity contribution >= 4 is 28.9 Å². The Morgan fingerprint density at radius 2 is 1.95 bits per heavy atom. The largest absolute Gasteiger partial charge is 0.399 e. The van der Waals surface area contributed by atoms with Crippen LogP contribution in [-0.2, 0) is 0 Å². The SMILES string of the molecule is NC(=O)c1cc(N)cc(Cl)c1N1CCC(N2CCCC2)C1. The summed E-state index contributed by atoms with van der Waals surface area (Å²) in [4.78, 5) is 16.4. The summed E-state index contributed by atoms with van der Waals surface area (Å²) in [5, 5.41) is 0.505. The third kappa shape index (κ3) is 2.80. The van der Waals surface area contributed by atoms with Gasteiger partial charge in [0.1, 0.15) is 0 Å². The number of likely N-dealkylation sites (tertiary alicyclic amines) is 1. The molecule has 1 atom stereocenters. The van der Waals surface area contributed by atoms with Gasteiger partial charge in [0.05, 0.1) is 16.3 Å². The third-order valence-corrected chi connectivity index (χ3v) is 4.78. The van der Waals surface area contributed by atoms with Gasteiger partial charge >= 0.3 is 0 Å². The number of carbonyl (C=O) groups is 1. The van der Waals surface area contributed by atoms with Crippen molar-refractivity contribution in [2.24, 2.45) is 5.73 Å².